The highest BCUT2D eigenvalue weighted by Crippen LogP contribution is 2.39. The lowest BCUT2D eigenvalue weighted by atomic mass is 10.1. The van der Waals surface area contributed by atoms with Crippen molar-refractivity contribution in [3.05, 3.63) is 91.9 Å². The van der Waals surface area contributed by atoms with E-state index in [-0.39, 0.29) is 0 Å². The van der Waals surface area contributed by atoms with Crippen LogP contribution in [0, 0.1) is 0 Å². The molecule has 3 heterocycles. The predicted octanol–water partition coefficient (Wildman–Crippen LogP) is 7.31. The number of nitrogens with zero attached hydrogens (tertiary/aromatic N) is 3. The normalized spacial score (nSPS) is 14.9. The highest BCUT2D eigenvalue weighted by molar-refractivity contribution is 7.84. The van der Waals surface area contributed by atoms with Gasteiger partial charge in [0.1, 0.15) is 10.0 Å². The van der Waals surface area contributed by atoms with Crippen molar-refractivity contribution >= 4 is 124 Å². The number of thiocarbonyl (C=S) groups is 4. The average Bonchev–Trinajstić information content (AvgIpc) is 3.65. The molecule has 3 aromatic heterocycles. The summed E-state index contributed by atoms with van der Waals surface area (Å²) >= 11 is 26.2. The molecule has 9 heteroatoms. The quantitative estimate of drug-likeness (QED) is 0.163. The van der Waals surface area contributed by atoms with Crippen molar-refractivity contribution in [3.63, 3.8) is 0 Å². The summed E-state index contributed by atoms with van der Waals surface area (Å²) in [6, 6.07) is 16.1. The van der Waals surface area contributed by atoms with Gasteiger partial charge in [-0.15, -0.1) is 22.7 Å². The van der Waals surface area contributed by atoms with Gasteiger partial charge in [0.25, 0.3) is 0 Å². The number of aryl methyl sites for hydroxylation is 1. The SMILES string of the molecule is Cn1c2nc(C=C3C(=S)c4ccccc4C3=S)sc2c2sc(C=C3C(=S)c4ccccc4C3=S)nc21. The van der Waals surface area contributed by atoms with Crippen LogP contribution in [-0.4, -0.2) is 34.0 Å². The summed E-state index contributed by atoms with van der Waals surface area (Å²) in [6.07, 6.45) is 4.05. The van der Waals surface area contributed by atoms with Gasteiger partial charge in [0.2, 0.25) is 0 Å². The van der Waals surface area contributed by atoms with Crippen LogP contribution in [0.2, 0.25) is 0 Å². The molecule has 2 aliphatic rings. The molecule has 0 spiro atoms. The maximum atomic E-state index is 5.73. The molecule has 2 aliphatic carbocycles. The van der Waals surface area contributed by atoms with E-state index in [0.717, 1.165) is 83.6 Å². The Morgan fingerprint density at radius 3 is 1.28 bits per heavy atom. The van der Waals surface area contributed by atoms with E-state index in [4.69, 9.17) is 58.8 Å². The van der Waals surface area contributed by atoms with Crippen molar-refractivity contribution in [2.75, 3.05) is 0 Å². The van der Waals surface area contributed by atoms with Crippen LogP contribution < -0.4 is 0 Å². The first-order valence-electron chi connectivity index (χ1n) is 11.0. The maximum Gasteiger partial charge on any atom is 0.154 e. The van der Waals surface area contributed by atoms with E-state index in [1.165, 1.54) is 0 Å². The lowest BCUT2D eigenvalue weighted by Gasteiger charge is -1.97. The van der Waals surface area contributed by atoms with E-state index >= 15 is 0 Å². The molecule has 0 atom stereocenters. The number of rotatable bonds is 2. The molecule has 0 amide bonds. The van der Waals surface area contributed by atoms with Gasteiger partial charge in [0, 0.05) is 40.4 Å². The Balaban J connectivity index is 1.29. The molecule has 3 nitrogen and oxygen atoms in total. The van der Waals surface area contributed by atoms with E-state index in [1.54, 1.807) is 22.7 Å². The van der Waals surface area contributed by atoms with Gasteiger partial charge in [-0.3, -0.25) is 0 Å². The number of hydrogen-bond acceptors (Lipinski definition) is 8. The summed E-state index contributed by atoms with van der Waals surface area (Å²) in [5.74, 6) is 0. The van der Waals surface area contributed by atoms with Gasteiger partial charge in [-0.25, -0.2) is 9.97 Å². The van der Waals surface area contributed by atoms with Gasteiger partial charge in [0.05, 0.1) is 28.9 Å². The molecule has 0 saturated carbocycles. The number of fused-ring (bicyclic) bond motifs is 5. The zero-order valence-electron chi connectivity index (χ0n) is 18.6. The molecule has 0 unspecified atom stereocenters. The maximum absolute atomic E-state index is 5.73. The first kappa shape index (κ1) is 22.5. The van der Waals surface area contributed by atoms with Gasteiger partial charge in [-0.2, -0.15) is 0 Å². The van der Waals surface area contributed by atoms with Crippen LogP contribution in [0.4, 0.5) is 0 Å². The Labute approximate surface area is 235 Å². The van der Waals surface area contributed by atoms with Crippen LogP contribution in [0.25, 0.3) is 32.8 Å². The molecule has 0 N–H and O–H groups in total. The Morgan fingerprint density at radius 2 is 0.944 bits per heavy atom. The lowest BCUT2D eigenvalue weighted by molar-refractivity contribution is 0.973. The summed E-state index contributed by atoms with van der Waals surface area (Å²) in [5.41, 5.74) is 7.71. The topological polar surface area (TPSA) is 30.7 Å². The van der Waals surface area contributed by atoms with Crippen LogP contribution in [0.3, 0.4) is 0 Å². The van der Waals surface area contributed by atoms with Crippen molar-refractivity contribution < 1.29 is 0 Å². The van der Waals surface area contributed by atoms with Crippen molar-refractivity contribution in [2.45, 2.75) is 0 Å². The van der Waals surface area contributed by atoms with E-state index in [1.807, 2.05) is 72.3 Å². The Kier molecular flexibility index (Phi) is 5.12. The van der Waals surface area contributed by atoms with Crippen molar-refractivity contribution in [1.29, 1.82) is 0 Å². The highest BCUT2D eigenvalue weighted by Gasteiger charge is 2.28. The molecule has 0 bridgehead atoms. The van der Waals surface area contributed by atoms with E-state index in [0.29, 0.717) is 0 Å². The smallest absolute Gasteiger partial charge is 0.154 e. The molecule has 0 fully saturated rings. The molecule has 0 radical (unpaired) electrons. The lowest BCUT2D eigenvalue weighted by Crippen LogP contribution is -1.98. The minimum atomic E-state index is 0.788. The number of hydrogen-bond donors (Lipinski definition) is 0. The summed E-state index contributed by atoms with van der Waals surface area (Å²) in [6.45, 7) is 0. The van der Waals surface area contributed by atoms with E-state index in [9.17, 15) is 0 Å². The summed E-state index contributed by atoms with van der Waals surface area (Å²) in [7, 11) is 2.00. The third kappa shape index (κ3) is 3.17. The second-order valence-electron chi connectivity index (χ2n) is 8.49. The Hall–Kier alpha value is -2.66. The average molecular weight is 572 g/mol. The van der Waals surface area contributed by atoms with Gasteiger partial charge < -0.3 is 4.57 Å². The number of thiazole rings is 2. The van der Waals surface area contributed by atoms with Crippen LogP contribution in [0.15, 0.2) is 59.7 Å². The monoisotopic (exact) mass is 571 g/mol. The van der Waals surface area contributed by atoms with E-state index in [2.05, 4.69) is 0 Å². The Bertz CT molecular complexity index is 1720. The van der Waals surface area contributed by atoms with Gasteiger partial charge in [-0.05, 0) is 12.2 Å². The number of allylic oxidation sites excluding steroid dienone is 2. The first-order valence-corrected chi connectivity index (χ1v) is 14.2. The molecule has 172 valence electrons. The van der Waals surface area contributed by atoms with Crippen LogP contribution >= 0.6 is 71.5 Å². The molecular weight excluding hydrogens is 559 g/mol. The van der Waals surface area contributed by atoms with Crippen molar-refractivity contribution in [2.24, 2.45) is 7.05 Å². The first-order chi connectivity index (χ1) is 17.4. The minimum absolute atomic E-state index is 0.788. The summed E-state index contributed by atoms with van der Waals surface area (Å²) in [4.78, 5) is 12.9. The molecule has 0 aliphatic heterocycles. The van der Waals surface area contributed by atoms with Gasteiger partial charge in [0.15, 0.2) is 11.3 Å². The van der Waals surface area contributed by atoms with Crippen LogP contribution in [0.1, 0.15) is 32.3 Å². The second kappa shape index (κ2) is 8.17. The van der Waals surface area contributed by atoms with E-state index < -0.39 is 0 Å². The largest absolute Gasteiger partial charge is 0.312 e. The zero-order chi connectivity index (χ0) is 24.7. The van der Waals surface area contributed by atoms with Crippen LogP contribution in [0.5, 0.6) is 0 Å². The number of aromatic nitrogens is 3. The summed E-state index contributed by atoms with van der Waals surface area (Å²) < 4.78 is 4.25. The minimum Gasteiger partial charge on any atom is -0.312 e. The van der Waals surface area contributed by atoms with Crippen molar-refractivity contribution in [3.8, 4) is 0 Å². The van der Waals surface area contributed by atoms with Crippen LogP contribution in [-0.2, 0) is 7.05 Å². The standard InChI is InChI=1S/C27H13N3S6/c1-30-26-24(35-18(28-26)10-16-20(31)12-6-2-3-7-13(12)21(16)32)25-27(30)29-19(36-25)11-17-22(33)14-8-4-5-9-15(14)23(17)34/h2-11H,1H3. The fourth-order valence-electron chi connectivity index (χ4n) is 4.68. The fraction of sp³-hybridized carbons (Fsp3) is 0.0370. The molecular formula is C27H13N3S6. The predicted molar refractivity (Wildman–Crippen MR) is 167 cm³/mol. The second-order valence-corrected chi connectivity index (χ2v) is 12.2. The van der Waals surface area contributed by atoms with Crippen molar-refractivity contribution in [1.82, 2.24) is 14.5 Å². The fourth-order valence-corrected chi connectivity index (χ4v) is 8.37. The molecule has 7 rings (SSSR count). The van der Waals surface area contributed by atoms with Gasteiger partial charge in [-0.1, -0.05) is 97.4 Å². The molecule has 36 heavy (non-hydrogen) atoms. The third-order valence-electron chi connectivity index (χ3n) is 6.44. The molecule has 0 saturated heterocycles. The van der Waals surface area contributed by atoms with Gasteiger partial charge >= 0.3 is 0 Å². The molecule has 2 aromatic carbocycles. The third-order valence-corrected chi connectivity index (χ3v) is 10.3. The summed E-state index contributed by atoms with van der Waals surface area (Å²) in [5, 5.41) is 1.76. The zero-order valence-corrected chi connectivity index (χ0v) is 23.5. The Morgan fingerprint density at radius 1 is 0.611 bits per heavy atom. The number of benzene rings is 2. The highest BCUT2D eigenvalue weighted by atomic mass is 32.1. The molecule has 5 aromatic rings.